The maximum absolute atomic E-state index is 12.2. The van der Waals surface area contributed by atoms with Crippen molar-refractivity contribution in [2.75, 3.05) is 6.54 Å². The molecule has 106 valence electrons. The summed E-state index contributed by atoms with van der Waals surface area (Å²) in [6, 6.07) is 13.9. The second kappa shape index (κ2) is 5.46. The number of nitro groups is 1. The van der Waals surface area contributed by atoms with E-state index in [1.165, 1.54) is 35.4 Å². The van der Waals surface area contributed by atoms with Crippen LogP contribution in [0.2, 0.25) is 0 Å². The standard InChI is InChI=1S/C16H14N2O3/c19-16(12-5-7-15(8-6-12)18(20)21)11-17-9-13-3-1-2-4-14(13)10-17/h1-8H,9-11H2. The van der Waals surface area contributed by atoms with Crippen LogP contribution in [0.4, 0.5) is 5.69 Å². The van der Waals surface area contributed by atoms with Gasteiger partial charge in [0.05, 0.1) is 11.5 Å². The highest BCUT2D eigenvalue weighted by Gasteiger charge is 2.21. The van der Waals surface area contributed by atoms with Crippen LogP contribution in [0.15, 0.2) is 48.5 Å². The molecule has 0 saturated heterocycles. The SMILES string of the molecule is O=C(CN1Cc2ccccc2C1)c1ccc([N+](=O)[O-])cc1. The van der Waals surface area contributed by atoms with Crippen LogP contribution in [0, 0.1) is 10.1 Å². The van der Waals surface area contributed by atoms with Crippen molar-refractivity contribution < 1.29 is 9.72 Å². The molecule has 5 heteroatoms. The van der Waals surface area contributed by atoms with E-state index in [4.69, 9.17) is 0 Å². The lowest BCUT2D eigenvalue weighted by molar-refractivity contribution is -0.384. The fourth-order valence-electron chi connectivity index (χ4n) is 2.58. The Morgan fingerprint density at radius 2 is 1.62 bits per heavy atom. The van der Waals surface area contributed by atoms with E-state index in [0.29, 0.717) is 12.1 Å². The van der Waals surface area contributed by atoms with Crippen molar-refractivity contribution in [1.82, 2.24) is 4.90 Å². The number of benzene rings is 2. The first kappa shape index (κ1) is 13.5. The number of fused-ring (bicyclic) bond motifs is 1. The predicted molar refractivity (Wildman–Crippen MR) is 78.0 cm³/mol. The molecule has 1 aliphatic heterocycles. The van der Waals surface area contributed by atoms with Crippen molar-refractivity contribution in [2.24, 2.45) is 0 Å². The van der Waals surface area contributed by atoms with E-state index in [2.05, 4.69) is 17.0 Å². The molecule has 5 nitrogen and oxygen atoms in total. The molecular weight excluding hydrogens is 268 g/mol. The molecule has 0 bridgehead atoms. The fourth-order valence-corrected chi connectivity index (χ4v) is 2.58. The van der Waals surface area contributed by atoms with Crippen molar-refractivity contribution >= 4 is 11.5 Å². The van der Waals surface area contributed by atoms with E-state index >= 15 is 0 Å². The summed E-state index contributed by atoms with van der Waals surface area (Å²) >= 11 is 0. The fraction of sp³-hybridized carbons (Fsp3) is 0.188. The molecule has 1 aliphatic rings. The Bertz CT molecular complexity index is 670. The Hall–Kier alpha value is -2.53. The summed E-state index contributed by atoms with van der Waals surface area (Å²) < 4.78 is 0. The molecule has 0 saturated carbocycles. The van der Waals surface area contributed by atoms with Gasteiger partial charge in [-0.15, -0.1) is 0 Å². The maximum Gasteiger partial charge on any atom is 0.269 e. The molecular formula is C16H14N2O3. The number of ketones is 1. The van der Waals surface area contributed by atoms with Gasteiger partial charge in [0.25, 0.3) is 5.69 Å². The van der Waals surface area contributed by atoms with Crippen LogP contribution in [0.1, 0.15) is 21.5 Å². The Morgan fingerprint density at radius 3 is 2.14 bits per heavy atom. The van der Waals surface area contributed by atoms with Gasteiger partial charge in [-0.05, 0) is 23.3 Å². The number of carbonyl (C=O) groups is 1. The molecule has 0 unspecified atom stereocenters. The second-order valence-corrected chi connectivity index (χ2v) is 5.14. The third-order valence-corrected chi connectivity index (χ3v) is 3.67. The smallest absolute Gasteiger partial charge is 0.269 e. The van der Waals surface area contributed by atoms with E-state index in [1.807, 2.05) is 12.1 Å². The summed E-state index contributed by atoms with van der Waals surface area (Å²) in [4.78, 5) is 24.4. The molecule has 0 aromatic heterocycles. The molecule has 0 atom stereocenters. The first-order valence-electron chi connectivity index (χ1n) is 6.70. The number of hydrogen-bond acceptors (Lipinski definition) is 4. The van der Waals surface area contributed by atoms with Gasteiger partial charge in [-0.2, -0.15) is 0 Å². The number of Topliss-reactive ketones (excluding diaryl/α,β-unsaturated/α-hetero) is 1. The summed E-state index contributed by atoms with van der Waals surface area (Å²) in [5.74, 6) is -0.0160. The molecule has 0 N–H and O–H groups in total. The van der Waals surface area contributed by atoms with Gasteiger partial charge >= 0.3 is 0 Å². The van der Waals surface area contributed by atoms with Gasteiger partial charge in [-0.25, -0.2) is 0 Å². The lowest BCUT2D eigenvalue weighted by Gasteiger charge is -2.13. The summed E-state index contributed by atoms with van der Waals surface area (Å²) in [5.41, 5.74) is 3.03. The highest BCUT2D eigenvalue weighted by atomic mass is 16.6. The Labute approximate surface area is 122 Å². The molecule has 0 radical (unpaired) electrons. The van der Waals surface area contributed by atoms with Gasteiger partial charge < -0.3 is 0 Å². The zero-order valence-corrected chi connectivity index (χ0v) is 11.4. The summed E-state index contributed by atoms with van der Waals surface area (Å²) in [6.45, 7) is 1.87. The Kier molecular flexibility index (Phi) is 3.50. The number of non-ortho nitro benzene ring substituents is 1. The largest absolute Gasteiger partial charge is 0.293 e. The lowest BCUT2D eigenvalue weighted by Crippen LogP contribution is -2.24. The minimum atomic E-state index is -0.467. The van der Waals surface area contributed by atoms with Gasteiger partial charge in [0.15, 0.2) is 5.78 Å². The van der Waals surface area contributed by atoms with E-state index in [-0.39, 0.29) is 11.5 Å². The summed E-state index contributed by atoms with van der Waals surface area (Å²) in [6.07, 6.45) is 0. The van der Waals surface area contributed by atoms with Gasteiger partial charge in [-0.1, -0.05) is 24.3 Å². The van der Waals surface area contributed by atoms with Crippen LogP contribution in [-0.4, -0.2) is 22.2 Å². The van der Waals surface area contributed by atoms with Crippen LogP contribution in [-0.2, 0) is 13.1 Å². The molecule has 21 heavy (non-hydrogen) atoms. The van der Waals surface area contributed by atoms with E-state index in [0.717, 1.165) is 13.1 Å². The molecule has 2 aromatic rings. The van der Waals surface area contributed by atoms with Gasteiger partial charge in [0.1, 0.15) is 0 Å². The van der Waals surface area contributed by atoms with Crippen LogP contribution in [0.3, 0.4) is 0 Å². The number of hydrogen-bond donors (Lipinski definition) is 0. The number of rotatable bonds is 4. The van der Waals surface area contributed by atoms with E-state index in [9.17, 15) is 14.9 Å². The topological polar surface area (TPSA) is 63.5 Å². The monoisotopic (exact) mass is 282 g/mol. The lowest BCUT2D eigenvalue weighted by atomic mass is 10.1. The van der Waals surface area contributed by atoms with Gasteiger partial charge in [-0.3, -0.25) is 19.8 Å². The number of nitrogens with zero attached hydrogens (tertiary/aromatic N) is 2. The molecule has 0 aliphatic carbocycles. The molecule has 2 aromatic carbocycles. The van der Waals surface area contributed by atoms with Crippen molar-refractivity contribution in [2.45, 2.75) is 13.1 Å². The Balaban J connectivity index is 1.66. The minimum Gasteiger partial charge on any atom is -0.293 e. The van der Waals surface area contributed by atoms with Crippen LogP contribution < -0.4 is 0 Å². The quantitative estimate of drug-likeness (QED) is 0.491. The predicted octanol–water partition coefficient (Wildman–Crippen LogP) is 2.79. The van der Waals surface area contributed by atoms with Gasteiger partial charge in [0.2, 0.25) is 0 Å². The molecule has 0 amide bonds. The second-order valence-electron chi connectivity index (χ2n) is 5.14. The van der Waals surface area contributed by atoms with Gasteiger partial charge in [0, 0.05) is 30.8 Å². The first-order chi connectivity index (χ1) is 10.1. The van der Waals surface area contributed by atoms with Crippen molar-refractivity contribution in [1.29, 1.82) is 0 Å². The van der Waals surface area contributed by atoms with Crippen LogP contribution in [0.5, 0.6) is 0 Å². The van der Waals surface area contributed by atoms with Crippen LogP contribution >= 0.6 is 0 Å². The molecule has 0 fully saturated rings. The van der Waals surface area contributed by atoms with E-state index < -0.39 is 4.92 Å². The first-order valence-corrected chi connectivity index (χ1v) is 6.70. The average molecular weight is 282 g/mol. The maximum atomic E-state index is 12.2. The minimum absolute atomic E-state index is 0.000118. The van der Waals surface area contributed by atoms with Crippen molar-refractivity contribution in [3.05, 3.63) is 75.3 Å². The number of carbonyl (C=O) groups excluding carboxylic acids is 1. The van der Waals surface area contributed by atoms with Crippen molar-refractivity contribution in [3.8, 4) is 0 Å². The molecule has 1 heterocycles. The van der Waals surface area contributed by atoms with E-state index in [1.54, 1.807) is 0 Å². The average Bonchev–Trinajstić information content (AvgIpc) is 2.89. The molecule has 0 spiro atoms. The highest BCUT2D eigenvalue weighted by molar-refractivity contribution is 5.97. The normalized spacial score (nSPS) is 13.9. The highest BCUT2D eigenvalue weighted by Crippen LogP contribution is 2.22. The molecule has 3 rings (SSSR count). The number of nitro benzene ring substituents is 1. The van der Waals surface area contributed by atoms with Crippen LogP contribution in [0.25, 0.3) is 0 Å². The summed E-state index contributed by atoms with van der Waals surface area (Å²) in [5, 5.41) is 10.6. The van der Waals surface area contributed by atoms with Crippen molar-refractivity contribution in [3.63, 3.8) is 0 Å². The zero-order chi connectivity index (χ0) is 14.8. The Morgan fingerprint density at radius 1 is 1.05 bits per heavy atom. The third kappa shape index (κ3) is 2.83. The summed E-state index contributed by atoms with van der Waals surface area (Å²) in [7, 11) is 0. The third-order valence-electron chi connectivity index (χ3n) is 3.67. The zero-order valence-electron chi connectivity index (χ0n) is 11.4.